The number of nitrogens with one attached hydrogen (secondary N) is 1. The molecule has 1 atom stereocenters. The molecule has 1 fully saturated rings. The second-order valence-corrected chi connectivity index (χ2v) is 6.53. The van der Waals surface area contributed by atoms with E-state index in [-0.39, 0.29) is 11.9 Å². The van der Waals surface area contributed by atoms with E-state index in [2.05, 4.69) is 24.4 Å². The summed E-state index contributed by atoms with van der Waals surface area (Å²) in [5.74, 6) is 0.791. The number of nitrogens with zero attached hydrogens (tertiary/aromatic N) is 1. The van der Waals surface area contributed by atoms with E-state index in [0.29, 0.717) is 5.92 Å². The number of amides is 1. The summed E-state index contributed by atoms with van der Waals surface area (Å²) >= 11 is 0. The Hall–Kier alpha value is -1.35. The summed E-state index contributed by atoms with van der Waals surface area (Å²) < 4.78 is 0. The van der Waals surface area contributed by atoms with Crippen LogP contribution in [0.15, 0.2) is 24.3 Å². The van der Waals surface area contributed by atoms with Crippen molar-refractivity contribution in [3.8, 4) is 0 Å². The monoisotopic (exact) mass is 288 g/mol. The summed E-state index contributed by atoms with van der Waals surface area (Å²) in [5.41, 5.74) is 2.26. The van der Waals surface area contributed by atoms with Gasteiger partial charge in [-0.05, 0) is 45.3 Å². The lowest BCUT2D eigenvalue weighted by Gasteiger charge is -2.27. The molecule has 0 saturated heterocycles. The van der Waals surface area contributed by atoms with E-state index in [1.165, 1.54) is 37.7 Å². The van der Waals surface area contributed by atoms with Gasteiger partial charge in [-0.1, -0.05) is 49.1 Å². The van der Waals surface area contributed by atoms with Crippen LogP contribution in [0, 0.1) is 12.8 Å². The molecule has 3 heteroatoms. The minimum absolute atomic E-state index is 0.121. The molecule has 1 amide bonds. The summed E-state index contributed by atoms with van der Waals surface area (Å²) in [4.78, 5) is 14.6. The third kappa shape index (κ3) is 4.57. The van der Waals surface area contributed by atoms with Crippen molar-refractivity contribution in [2.75, 3.05) is 20.6 Å². The first kappa shape index (κ1) is 16.0. The van der Waals surface area contributed by atoms with Gasteiger partial charge in [-0.25, -0.2) is 0 Å². The first-order valence-corrected chi connectivity index (χ1v) is 8.08. The minimum Gasteiger partial charge on any atom is -0.354 e. The fourth-order valence-electron chi connectivity index (χ4n) is 3.26. The van der Waals surface area contributed by atoms with E-state index in [0.717, 1.165) is 12.1 Å². The fraction of sp³-hybridized carbons (Fsp3) is 0.611. The molecule has 2 rings (SSSR count). The number of carbonyl (C=O) groups is 1. The van der Waals surface area contributed by atoms with Crippen LogP contribution >= 0.6 is 0 Å². The zero-order valence-electron chi connectivity index (χ0n) is 13.6. The number of likely N-dealkylation sites (N-methyl/N-ethyl adjacent to an activating group) is 1. The number of hydrogen-bond acceptors (Lipinski definition) is 2. The van der Waals surface area contributed by atoms with Crippen molar-refractivity contribution in [2.24, 2.45) is 5.92 Å². The first-order valence-electron chi connectivity index (χ1n) is 8.08. The molecule has 0 spiro atoms. The molecular formula is C18H28N2O. The Bertz CT molecular complexity index is 464. The predicted octanol–water partition coefficient (Wildman–Crippen LogP) is 3.29. The Morgan fingerprint density at radius 1 is 1.29 bits per heavy atom. The molecule has 116 valence electrons. The second-order valence-electron chi connectivity index (χ2n) is 6.53. The van der Waals surface area contributed by atoms with Gasteiger partial charge in [-0.15, -0.1) is 0 Å². The molecule has 0 bridgehead atoms. The molecule has 0 radical (unpaired) electrons. The van der Waals surface area contributed by atoms with Crippen LogP contribution in [0.5, 0.6) is 0 Å². The topological polar surface area (TPSA) is 32.3 Å². The fourth-order valence-corrected chi connectivity index (χ4v) is 3.26. The van der Waals surface area contributed by atoms with Crippen LogP contribution in [-0.2, 0) is 4.79 Å². The molecule has 1 N–H and O–H groups in total. The lowest BCUT2D eigenvalue weighted by Crippen LogP contribution is -2.39. The van der Waals surface area contributed by atoms with Crippen molar-refractivity contribution < 1.29 is 4.79 Å². The Morgan fingerprint density at radius 2 is 2.00 bits per heavy atom. The van der Waals surface area contributed by atoms with Gasteiger partial charge in [0.1, 0.15) is 6.04 Å². The molecule has 1 aromatic carbocycles. The van der Waals surface area contributed by atoms with Gasteiger partial charge in [-0.3, -0.25) is 9.69 Å². The van der Waals surface area contributed by atoms with E-state index in [1.807, 2.05) is 31.1 Å². The normalized spacial score (nSPS) is 17.7. The molecule has 1 aliphatic rings. The van der Waals surface area contributed by atoms with Crippen molar-refractivity contribution in [1.82, 2.24) is 10.2 Å². The average Bonchev–Trinajstić information content (AvgIpc) is 2.46. The molecular weight excluding hydrogens is 260 g/mol. The molecule has 1 saturated carbocycles. The van der Waals surface area contributed by atoms with Gasteiger partial charge >= 0.3 is 0 Å². The number of carbonyl (C=O) groups excluding carboxylic acids is 1. The van der Waals surface area contributed by atoms with Crippen LogP contribution in [0.4, 0.5) is 0 Å². The molecule has 0 aliphatic heterocycles. The third-order valence-electron chi connectivity index (χ3n) is 4.41. The van der Waals surface area contributed by atoms with Crippen LogP contribution < -0.4 is 5.32 Å². The highest BCUT2D eigenvalue weighted by atomic mass is 16.2. The minimum atomic E-state index is -0.200. The number of aryl methyl sites for hydroxylation is 1. The molecule has 0 aromatic heterocycles. The Labute approximate surface area is 128 Å². The smallest absolute Gasteiger partial charge is 0.241 e. The van der Waals surface area contributed by atoms with Crippen molar-refractivity contribution >= 4 is 5.91 Å². The van der Waals surface area contributed by atoms with E-state index in [1.54, 1.807) is 0 Å². The van der Waals surface area contributed by atoms with Crippen molar-refractivity contribution in [3.05, 3.63) is 35.4 Å². The standard InChI is InChI=1S/C18H28N2O/c1-14-8-7-11-16(12-14)17(20(2)3)18(21)19-13-15-9-5-4-6-10-15/h7-8,11-12,15,17H,4-6,9-10,13H2,1-3H3,(H,19,21)/t17-/m1/s1. The zero-order valence-corrected chi connectivity index (χ0v) is 13.6. The van der Waals surface area contributed by atoms with Crippen molar-refractivity contribution in [2.45, 2.75) is 45.1 Å². The lowest BCUT2D eigenvalue weighted by molar-refractivity contribution is -0.126. The maximum absolute atomic E-state index is 12.6. The third-order valence-corrected chi connectivity index (χ3v) is 4.41. The highest BCUT2D eigenvalue weighted by Crippen LogP contribution is 2.24. The maximum atomic E-state index is 12.6. The van der Waals surface area contributed by atoms with Crippen LogP contribution in [0.1, 0.15) is 49.3 Å². The van der Waals surface area contributed by atoms with E-state index in [9.17, 15) is 4.79 Å². The van der Waals surface area contributed by atoms with Gasteiger partial charge in [0.2, 0.25) is 5.91 Å². The highest BCUT2D eigenvalue weighted by Gasteiger charge is 2.24. The average molecular weight is 288 g/mol. The summed E-state index contributed by atoms with van der Waals surface area (Å²) in [7, 11) is 3.93. The Balaban J connectivity index is 1.99. The van der Waals surface area contributed by atoms with Gasteiger partial charge < -0.3 is 5.32 Å². The van der Waals surface area contributed by atoms with Crippen LogP contribution in [-0.4, -0.2) is 31.4 Å². The van der Waals surface area contributed by atoms with Crippen LogP contribution in [0.2, 0.25) is 0 Å². The quantitative estimate of drug-likeness (QED) is 0.901. The Morgan fingerprint density at radius 3 is 2.62 bits per heavy atom. The number of rotatable bonds is 5. The van der Waals surface area contributed by atoms with Gasteiger partial charge in [0.05, 0.1) is 0 Å². The largest absolute Gasteiger partial charge is 0.354 e. The molecule has 0 heterocycles. The van der Waals surface area contributed by atoms with E-state index < -0.39 is 0 Å². The summed E-state index contributed by atoms with van der Waals surface area (Å²) in [6.07, 6.45) is 6.51. The van der Waals surface area contributed by atoms with Gasteiger partial charge in [0, 0.05) is 6.54 Å². The zero-order chi connectivity index (χ0) is 15.2. The number of benzene rings is 1. The summed E-state index contributed by atoms with van der Waals surface area (Å²) in [5, 5.41) is 3.17. The summed E-state index contributed by atoms with van der Waals surface area (Å²) in [6, 6.07) is 8.03. The van der Waals surface area contributed by atoms with E-state index in [4.69, 9.17) is 0 Å². The van der Waals surface area contributed by atoms with Gasteiger partial charge in [0.25, 0.3) is 0 Å². The molecule has 1 aromatic rings. The van der Waals surface area contributed by atoms with Gasteiger partial charge in [0.15, 0.2) is 0 Å². The molecule has 3 nitrogen and oxygen atoms in total. The molecule has 0 unspecified atom stereocenters. The van der Waals surface area contributed by atoms with Crippen molar-refractivity contribution in [1.29, 1.82) is 0 Å². The van der Waals surface area contributed by atoms with Crippen LogP contribution in [0.25, 0.3) is 0 Å². The molecule has 1 aliphatic carbocycles. The highest BCUT2D eigenvalue weighted by molar-refractivity contribution is 5.83. The van der Waals surface area contributed by atoms with E-state index >= 15 is 0 Å². The van der Waals surface area contributed by atoms with Crippen molar-refractivity contribution in [3.63, 3.8) is 0 Å². The number of hydrogen-bond donors (Lipinski definition) is 1. The first-order chi connectivity index (χ1) is 10.1. The Kier molecular flexibility index (Phi) is 5.80. The van der Waals surface area contributed by atoms with Crippen LogP contribution in [0.3, 0.4) is 0 Å². The predicted molar refractivity (Wildman–Crippen MR) is 87.2 cm³/mol. The second kappa shape index (κ2) is 7.60. The maximum Gasteiger partial charge on any atom is 0.241 e. The summed E-state index contributed by atoms with van der Waals surface area (Å²) in [6.45, 7) is 2.89. The molecule has 21 heavy (non-hydrogen) atoms. The SMILES string of the molecule is Cc1cccc([C@H](C(=O)NCC2CCCCC2)N(C)C)c1. The lowest BCUT2D eigenvalue weighted by atomic mass is 9.89. The van der Waals surface area contributed by atoms with Gasteiger partial charge in [-0.2, -0.15) is 0 Å².